The number of aliphatic hydroxyl groups excluding tert-OH is 1. The average molecular weight is 537 g/mol. The largest absolute Gasteiger partial charge is 0.508 e. The minimum Gasteiger partial charge on any atom is -0.508 e. The minimum absolute atomic E-state index is 0.267. The molecule has 1 saturated heterocycles. The first kappa shape index (κ1) is 31.6. The summed E-state index contributed by atoms with van der Waals surface area (Å²) in [6.45, 7) is 8.36. The molecule has 4 rings (SSSR count). The Bertz CT molecular complexity index is 842. The number of phenolic OH excluding ortho intramolecular Hbond substituents is 1. The second-order valence-corrected chi connectivity index (χ2v) is 7.96. The molecule has 6 heteroatoms. The van der Waals surface area contributed by atoms with Crippen molar-refractivity contribution in [1.82, 2.24) is 0 Å². The fourth-order valence-electron chi connectivity index (χ4n) is 2.61. The van der Waals surface area contributed by atoms with E-state index in [1.165, 1.54) is 37.3 Å². The number of hydrogen-bond donors (Lipinski definition) is 2. The van der Waals surface area contributed by atoms with E-state index in [1.54, 1.807) is 44.6 Å². The Kier molecular flexibility index (Phi) is 18.6. The summed E-state index contributed by atoms with van der Waals surface area (Å²) in [4.78, 5) is 2.39. The van der Waals surface area contributed by atoms with Crippen LogP contribution in [0.15, 0.2) is 83.3 Å². The van der Waals surface area contributed by atoms with Gasteiger partial charge in [0.1, 0.15) is 11.6 Å². The summed E-state index contributed by atoms with van der Waals surface area (Å²) in [6.07, 6.45) is 1.55. The summed E-state index contributed by atoms with van der Waals surface area (Å²) >= 11 is 3.20. The van der Waals surface area contributed by atoms with E-state index in [1.807, 2.05) is 26.8 Å². The Labute approximate surface area is 213 Å². The first-order chi connectivity index (χ1) is 16.4. The summed E-state index contributed by atoms with van der Waals surface area (Å²) in [5.41, 5.74) is 2.14. The highest BCUT2D eigenvalue weighted by Crippen LogP contribution is 2.19. The van der Waals surface area contributed by atoms with Gasteiger partial charge in [-0.25, -0.2) is 4.39 Å². The quantitative estimate of drug-likeness (QED) is 0.362. The van der Waals surface area contributed by atoms with Crippen molar-refractivity contribution in [3.05, 3.63) is 94.7 Å². The van der Waals surface area contributed by atoms with Gasteiger partial charge in [-0.15, -0.1) is 0 Å². The molecule has 1 atom stereocenters. The van der Waals surface area contributed by atoms with E-state index in [2.05, 4.69) is 55.9 Å². The molecule has 0 bridgehead atoms. The smallest absolute Gasteiger partial charge is 0.123 e. The zero-order valence-electron chi connectivity index (χ0n) is 20.9. The molecule has 1 heterocycles. The lowest BCUT2D eigenvalue weighted by molar-refractivity contribution is 0.173. The molecule has 188 valence electrons. The number of benzene rings is 3. The van der Waals surface area contributed by atoms with Gasteiger partial charge in [0.05, 0.1) is 6.10 Å². The monoisotopic (exact) mass is 535 g/mol. The maximum Gasteiger partial charge on any atom is 0.123 e. The maximum absolute atomic E-state index is 12.4. The van der Waals surface area contributed by atoms with Gasteiger partial charge < -0.3 is 19.8 Å². The van der Waals surface area contributed by atoms with Crippen molar-refractivity contribution in [3.63, 3.8) is 0 Å². The van der Waals surface area contributed by atoms with Crippen LogP contribution in [0.5, 0.6) is 5.75 Å². The molecule has 3 aromatic carbocycles. The predicted molar refractivity (Wildman–Crippen MR) is 145 cm³/mol. The molecule has 34 heavy (non-hydrogen) atoms. The zero-order valence-corrected chi connectivity index (χ0v) is 22.5. The number of halogens is 2. The van der Waals surface area contributed by atoms with Crippen LogP contribution in [0.1, 0.15) is 45.3 Å². The van der Waals surface area contributed by atoms with E-state index in [0.29, 0.717) is 12.2 Å². The van der Waals surface area contributed by atoms with Gasteiger partial charge in [-0.1, -0.05) is 73.1 Å². The molecule has 1 aliphatic heterocycles. The number of hydrogen-bond acceptors (Lipinski definition) is 4. The second kappa shape index (κ2) is 20.0. The lowest BCUT2D eigenvalue weighted by Gasteiger charge is -2.33. The number of rotatable bonds is 3. The van der Waals surface area contributed by atoms with Crippen molar-refractivity contribution in [3.8, 4) is 5.75 Å². The highest BCUT2D eigenvalue weighted by Gasteiger charge is 2.12. The van der Waals surface area contributed by atoms with E-state index >= 15 is 0 Å². The van der Waals surface area contributed by atoms with Gasteiger partial charge in [0.25, 0.3) is 0 Å². The summed E-state index contributed by atoms with van der Waals surface area (Å²) < 4.78 is 17.5. The molecule has 0 aliphatic carbocycles. The third kappa shape index (κ3) is 14.0. The van der Waals surface area contributed by atoms with Crippen LogP contribution in [0.2, 0.25) is 0 Å². The zero-order chi connectivity index (χ0) is 25.8. The van der Waals surface area contributed by atoms with Crippen LogP contribution < -0.4 is 4.90 Å². The van der Waals surface area contributed by atoms with Gasteiger partial charge in [0.15, 0.2) is 0 Å². The summed E-state index contributed by atoms with van der Waals surface area (Å²) in [7, 11) is 3.25. The molecule has 0 radical (unpaired) electrons. The Morgan fingerprint density at radius 2 is 1.50 bits per heavy atom. The van der Waals surface area contributed by atoms with Gasteiger partial charge in [0, 0.05) is 37.5 Å². The van der Waals surface area contributed by atoms with Crippen molar-refractivity contribution in [1.29, 1.82) is 0 Å². The van der Waals surface area contributed by atoms with E-state index in [0.717, 1.165) is 10.0 Å². The van der Waals surface area contributed by atoms with E-state index in [-0.39, 0.29) is 5.82 Å². The molecule has 0 saturated carbocycles. The third-order valence-corrected chi connectivity index (χ3v) is 4.92. The maximum atomic E-state index is 12.4. The molecule has 4 nitrogen and oxygen atoms in total. The normalized spacial score (nSPS) is 11.9. The number of aromatic hydroxyl groups is 1. The Balaban J connectivity index is 0.000000442. The van der Waals surface area contributed by atoms with Crippen LogP contribution in [0, 0.1) is 5.82 Å². The third-order valence-electron chi connectivity index (χ3n) is 4.43. The van der Waals surface area contributed by atoms with Crippen LogP contribution in [0.4, 0.5) is 10.1 Å². The van der Waals surface area contributed by atoms with Gasteiger partial charge in [0.2, 0.25) is 0 Å². The van der Waals surface area contributed by atoms with Crippen LogP contribution >= 0.6 is 15.9 Å². The van der Waals surface area contributed by atoms with E-state index < -0.39 is 6.10 Å². The minimum atomic E-state index is -0.462. The fraction of sp³-hybridized carbons (Fsp3) is 0.357. The van der Waals surface area contributed by atoms with Crippen molar-refractivity contribution < 1.29 is 19.3 Å². The van der Waals surface area contributed by atoms with Gasteiger partial charge in [-0.3, -0.25) is 0 Å². The van der Waals surface area contributed by atoms with Crippen LogP contribution in [-0.2, 0) is 4.74 Å². The van der Waals surface area contributed by atoms with E-state index in [9.17, 15) is 9.50 Å². The molecule has 1 fully saturated rings. The van der Waals surface area contributed by atoms with E-state index in [4.69, 9.17) is 5.11 Å². The first-order valence-corrected chi connectivity index (χ1v) is 12.3. The van der Waals surface area contributed by atoms with Gasteiger partial charge in [-0.05, 0) is 60.9 Å². The number of nitrogens with zero attached hydrogens (tertiary/aromatic N) is 1. The highest BCUT2D eigenvalue weighted by atomic mass is 79.9. The average Bonchev–Trinajstić information content (AvgIpc) is 2.81. The molecule has 3 aromatic rings. The number of phenols is 1. The number of para-hydroxylation sites is 1. The van der Waals surface area contributed by atoms with Crippen LogP contribution in [-0.4, -0.2) is 37.5 Å². The molecule has 0 spiro atoms. The van der Waals surface area contributed by atoms with Crippen molar-refractivity contribution in [2.24, 2.45) is 0 Å². The van der Waals surface area contributed by atoms with Crippen molar-refractivity contribution in [2.75, 3.05) is 32.2 Å². The molecule has 1 unspecified atom stereocenters. The summed E-state index contributed by atoms with van der Waals surface area (Å²) in [5.74, 6) is 0.0245. The highest BCUT2D eigenvalue weighted by molar-refractivity contribution is 9.10. The summed E-state index contributed by atoms with van der Waals surface area (Å²) in [6, 6.07) is 23.4. The molecular formula is C28H39BrFNO3. The lowest BCUT2D eigenvalue weighted by Crippen LogP contribution is -2.36. The van der Waals surface area contributed by atoms with Gasteiger partial charge in [-0.2, -0.15) is 0 Å². The fourth-order valence-corrected chi connectivity index (χ4v) is 3.00. The number of aliphatic hydroxyl groups is 1. The SMILES string of the molecule is CC.CCC(O)c1ccc(F)cc1.COC.Oc1cccc(Br)c1.c1ccc(N2CCC2)cc1. The van der Waals surface area contributed by atoms with Gasteiger partial charge >= 0.3 is 0 Å². The molecule has 0 amide bonds. The van der Waals surface area contributed by atoms with Crippen molar-refractivity contribution in [2.45, 2.75) is 39.7 Å². The summed E-state index contributed by atoms with van der Waals surface area (Å²) in [5, 5.41) is 18.1. The first-order valence-electron chi connectivity index (χ1n) is 11.5. The number of ether oxygens (including phenoxy) is 1. The Hall–Kier alpha value is -2.41. The molecule has 1 aliphatic rings. The number of anilines is 1. The lowest BCUT2D eigenvalue weighted by atomic mass is 10.1. The topological polar surface area (TPSA) is 52.9 Å². The van der Waals surface area contributed by atoms with Crippen molar-refractivity contribution >= 4 is 21.6 Å². The predicted octanol–water partition coefficient (Wildman–Crippen LogP) is 7.61. The molecular weight excluding hydrogens is 497 g/mol. The van der Waals surface area contributed by atoms with Crippen LogP contribution in [0.25, 0.3) is 0 Å². The number of methoxy groups -OCH3 is 1. The Morgan fingerprint density at radius 1 is 0.941 bits per heavy atom. The second-order valence-electron chi connectivity index (χ2n) is 7.04. The Morgan fingerprint density at radius 3 is 1.88 bits per heavy atom. The molecule has 2 N–H and O–H groups in total. The van der Waals surface area contributed by atoms with Crippen LogP contribution in [0.3, 0.4) is 0 Å². The standard InChI is InChI=1S/C9H11FO.C9H11N.C6H5BrO.C2H6O.C2H6/c1-2-9(11)7-3-5-8(10)6-4-7;1-2-5-9(6-3-1)10-7-4-8-10;7-5-2-1-3-6(8)4-5;1-3-2;1-2/h3-6,9,11H,2H2,1H3;1-3,5-6H,4,7-8H2;1-4,8H;1-2H3;1-2H3. The molecule has 0 aromatic heterocycles.